The average molecular weight is 324 g/mol. The SMILES string of the molecule is [N-]=[N+]=N[C@H]1CN(CC2CC2)[C@H]2CCC=C[C@@H]2O[C@@H]1c1ccccc1. The van der Waals surface area contributed by atoms with E-state index in [9.17, 15) is 0 Å². The van der Waals surface area contributed by atoms with Gasteiger partial charge in [-0.15, -0.1) is 0 Å². The maximum atomic E-state index is 9.08. The Bertz CT molecular complexity index is 636. The topological polar surface area (TPSA) is 61.2 Å². The Hall–Kier alpha value is -1.81. The Morgan fingerprint density at radius 3 is 2.79 bits per heavy atom. The molecule has 4 rings (SSSR count). The van der Waals surface area contributed by atoms with Crippen LogP contribution < -0.4 is 0 Å². The van der Waals surface area contributed by atoms with Crippen LogP contribution in [0.3, 0.4) is 0 Å². The van der Waals surface area contributed by atoms with E-state index in [1.54, 1.807) is 0 Å². The zero-order valence-electron chi connectivity index (χ0n) is 13.9. The van der Waals surface area contributed by atoms with Gasteiger partial charge in [-0.3, -0.25) is 4.90 Å². The lowest BCUT2D eigenvalue weighted by Crippen LogP contribution is -2.45. The second kappa shape index (κ2) is 6.98. The minimum atomic E-state index is -0.185. The summed E-state index contributed by atoms with van der Waals surface area (Å²) in [5, 5.41) is 4.13. The van der Waals surface area contributed by atoms with Crippen molar-refractivity contribution in [3.05, 3.63) is 58.5 Å². The van der Waals surface area contributed by atoms with Crippen molar-refractivity contribution < 1.29 is 4.74 Å². The monoisotopic (exact) mass is 324 g/mol. The number of benzene rings is 1. The number of allylic oxidation sites excluding steroid dienone is 1. The van der Waals surface area contributed by atoms with E-state index in [0.29, 0.717) is 6.04 Å². The summed E-state index contributed by atoms with van der Waals surface area (Å²) in [5.74, 6) is 0.816. The zero-order chi connectivity index (χ0) is 16.4. The third-order valence-electron chi connectivity index (χ3n) is 5.40. The molecule has 0 bridgehead atoms. The Balaban J connectivity index is 1.67. The lowest BCUT2D eigenvalue weighted by molar-refractivity contribution is -0.0155. The zero-order valence-corrected chi connectivity index (χ0v) is 13.9. The Morgan fingerprint density at radius 2 is 2.04 bits per heavy atom. The van der Waals surface area contributed by atoms with Crippen molar-refractivity contribution in [3.63, 3.8) is 0 Å². The summed E-state index contributed by atoms with van der Waals surface area (Å²) in [7, 11) is 0. The molecule has 0 N–H and O–H groups in total. The van der Waals surface area contributed by atoms with Crippen LogP contribution in [0.2, 0.25) is 0 Å². The molecule has 0 amide bonds. The third kappa shape index (κ3) is 3.34. The molecule has 5 heteroatoms. The van der Waals surface area contributed by atoms with Gasteiger partial charge in [0.1, 0.15) is 0 Å². The van der Waals surface area contributed by atoms with Crippen LogP contribution in [0, 0.1) is 5.92 Å². The minimum Gasteiger partial charge on any atom is -0.364 e. The summed E-state index contributed by atoms with van der Waals surface area (Å²) in [6.07, 6.45) is 9.24. The number of rotatable bonds is 4. The fourth-order valence-electron chi connectivity index (χ4n) is 4.00. The Kier molecular flexibility index (Phi) is 4.56. The molecule has 1 saturated heterocycles. The van der Waals surface area contributed by atoms with Crippen LogP contribution in [-0.2, 0) is 4.74 Å². The first-order valence-electron chi connectivity index (χ1n) is 9.00. The quantitative estimate of drug-likeness (QED) is 0.360. The van der Waals surface area contributed by atoms with Crippen LogP contribution in [0.4, 0.5) is 0 Å². The van der Waals surface area contributed by atoms with E-state index in [0.717, 1.165) is 37.4 Å². The van der Waals surface area contributed by atoms with Crippen molar-refractivity contribution in [3.8, 4) is 0 Å². The van der Waals surface area contributed by atoms with Gasteiger partial charge in [0, 0.05) is 24.0 Å². The molecule has 4 atom stereocenters. The normalized spacial score (nSPS) is 33.3. The van der Waals surface area contributed by atoms with Crippen molar-refractivity contribution in [2.24, 2.45) is 11.0 Å². The fraction of sp³-hybridized carbons (Fsp3) is 0.579. The number of hydrogen-bond donors (Lipinski definition) is 0. The number of azide groups is 1. The first-order valence-corrected chi connectivity index (χ1v) is 9.00. The highest BCUT2D eigenvalue weighted by Crippen LogP contribution is 2.37. The van der Waals surface area contributed by atoms with E-state index in [4.69, 9.17) is 10.3 Å². The summed E-state index contributed by atoms with van der Waals surface area (Å²) in [5.41, 5.74) is 10.2. The molecule has 1 saturated carbocycles. The first-order chi connectivity index (χ1) is 11.8. The van der Waals surface area contributed by atoms with Crippen LogP contribution >= 0.6 is 0 Å². The van der Waals surface area contributed by atoms with E-state index in [2.05, 4.69) is 39.2 Å². The van der Waals surface area contributed by atoms with Crippen molar-refractivity contribution in [1.82, 2.24) is 4.90 Å². The van der Waals surface area contributed by atoms with Gasteiger partial charge in [-0.2, -0.15) is 0 Å². The van der Waals surface area contributed by atoms with Gasteiger partial charge in [-0.05, 0) is 42.7 Å². The number of fused-ring (bicyclic) bond motifs is 1. The standard InChI is InChI=1S/C19H24N4O/c20-22-21-16-13-23(12-14-10-11-14)17-8-4-5-9-18(17)24-19(16)15-6-2-1-3-7-15/h1-3,5-7,9,14,16-19H,4,8,10-13H2/t16-,17-,18-,19+/m0/s1. The highest BCUT2D eigenvalue weighted by atomic mass is 16.5. The molecule has 1 aromatic rings. The molecule has 0 radical (unpaired) electrons. The van der Waals surface area contributed by atoms with Crippen LogP contribution in [-0.4, -0.2) is 36.2 Å². The van der Waals surface area contributed by atoms with E-state index in [1.165, 1.54) is 12.8 Å². The molecule has 0 aromatic heterocycles. The van der Waals surface area contributed by atoms with Crippen LogP contribution in [0.15, 0.2) is 47.6 Å². The molecule has 0 unspecified atom stereocenters. The molecule has 5 nitrogen and oxygen atoms in total. The van der Waals surface area contributed by atoms with Gasteiger partial charge in [0.25, 0.3) is 0 Å². The molecule has 1 heterocycles. The molecule has 2 fully saturated rings. The van der Waals surface area contributed by atoms with Gasteiger partial charge in [-0.25, -0.2) is 0 Å². The second-order valence-electron chi connectivity index (χ2n) is 7.17. The molecule has 2 aliphatic carbocycles. The van der Waals surface area contributed by atoms with Crippen molar-refractivity contribution in [2.75, 3.05) is 13.1 Å². The molecular weight excluding hydrogens is 300 g/mol. The molecular formula is C19H24N4O. The lowest BCUT2D eigenvalue weighted by atomic mass is 9.97. The summed E-state index contributed by atoms with van der Waals surface area (Å²) < 4.78 is 6.51. The highest BCUT2D eigenvalue weighted by molar-refractivity contribution is 5.21. The summed E-state index contributed by atoms with van der Waals surface area (Å²) in [6, 6.07) is 10.4. The largest absolute Gasteiger partial charge is 0.364 e. The fourth-order valence-corrected chi connectivity index (χ4v) is 4.00. The predicted octanol–water partition coefficient (Wildman–Crippen LogP) is 4.24. The van der Waals surface area contributed by atoms with E-state index >= 15 is 0 Å². The van der Waals surface area contributed by atoms with E-state index in [1.807, 2.05) is 18.2 Å². The smallest absolute Gasteiger partial charge is 0.0930 e. The number of hydrogen-bond acceptors (Lipinski definition) is 3. The van der Waals surface area contributed by atoms with Gasteiger partial charge in [0.15, 0.2) is 0 Å². The highest BCUT2D eigenvalue weighted by Gasteiger charge is 2.40. The molecule has 1 aliphatic heterocycles. The average Bonchev–Trinajstić information content (AvgIpc) is 3.45. The molecule has 3 aliphatic rings. The molecule has 24 heavy (non-hydrogen) atoms. The van der Waals surface area contributed by atoms with Gasteiger partial charge in [0.2, 0.25) is 0 Å². The third-order valence-corrected chi connectivity index (χ3v) is 5.40. The second-order valence-corrected chi connectivity index (χ2v) is 7.17. The maximum absolute atomic E-state index is 9.08. The van der Waals surface area contributed by atoms with Gasteiger partial charge in [-0.1, -0.05) is 47.6 Å². The van der Waals surface area contributed by atoms with Crippen molar-refractivity contribution in [2.45, 2.75) is 50.0 Å². The molecule has 0 spiro atoms. The first kappa shape index (κ1) is 15.7. The maximum Gasteiger partial charge on any atom is 0.0930 e. The van der Waals surface area contributed by atoms with Crippen LogP contribution in [0.5, 0.6) is 0 Å². The van der Waals surface area contributed by atoms with Gasteiger partial charge < -0.3 is 4.74 Å². The van der Waals surface area contributed by atoms with Crippen molar-refractivity contribution in [1.29, 1.82) is 0 Å². The van der Waals surface area contributed by atoms with Gasteiger partial charge >= 0.3 is 0 Å². The molecule has 1 aromatic carbocycles. The summed E-state index contributed by atoms with van der Waals surface area (Å²) >= 11 is 0. The predicted molar refractivity (Wildman–Crippen MR) is 93.4 cm³/mol. The lowest BCUT2D eigenvalue weighted by Gasteiger charge is -2.35. The number of ether oxygens (including phenoxy) is 1. The van der Waals surface area contributed by atoms with E-state index < -0.39 is 0 Å². The van der Waals surface area contributed by atoms with Gasteiger partial charge in [0.05, 0.1) is 18.2 Å². The van der Waals surface area contributed by atoms with Crippen LogP contribution in [0.1, 0.15) is 37.4 Å². The Morgan fingerprint density at radius 1 is 1.21 bits per heavy atom. The summed E-state index contributed by atoms with van der Waals surface area (Å²) in [4.78, 5) is 5.66. The van der Waals surface area contributed by atoms with E-state index in [-0.39, 0.29) is 18.2 Å². The number of nitrogens with zero attached hydrogens (tertiary/aromatic N) is 4. The summed E-state index contributed by atoms with van der Waals surface area (Å²) in [6.45, 7) is 1.90. The molecule has 126 valence electrons. The van der Waals surface area contributed by atoms with Crippen LogP contribution in [0.25, 0.3) is 10.4 Å². The van der Waals surface area contributed by atoms with Crippen molar-refractivity contribution >= 4 is 0 Å². The Labute approximate surface area is 142 Å². The minimum absolute atomic E-state index is 0.0848.